The van der Waals surface area contributed by atoms with Crippen LogP contribution >= 0.6 is 23.2 Å². The Bertz CT molecular complexity index is 2000. The number of hydrogen-bond donors (Lipinski definition) is 0. The van der Waals surface area contributed by atoms with Gasteiger partial charge in [0.25, 0.3) is 0 Å². The molecule has 0 radical (unpaired) electrons. The summed E-state index contributed by atoms with van der Waals surface area (Å²) in [5, 5.41) is 8.98. The fraction of sp³-hybridized carbons (Fsp3) is 0.167. The highest BCUT2D eigenvalue weighted by molar-refractivity contribution is 6.38. The second kappa shape index (κ2) is 16.2. The fourth-order valence-electron chi connectivity index (χ4n) is 4.13. The van der Waals surface area contributed by atoms with E-state index in [1.54, 1.807) is 30.6 Å². The molecule has 0 saturated heterocycles. The van der Waals surface area contributed by atoms with Crippen molar-refractivity contribution in [3.8, 4) is 46.5 Å². The molecule has 0 aliphatic rings. The SMILES string of the molecule is Cc1ccc(C)c(-c2noc(CCC#Cc3ccccn3)n2)c1.Clc1cccc(Cl)c1-c1noc(CCC#Cc2ccccn2)n1. The van der Waals surface area contributed by atoms with Gasteiger partial charge in [-0.2, -0.15) is 9.97 Å². The lowest BCUT2D eigenvalue weighted by atomic mass is 10.1. The Kier molecular flexibility index (Phi) is 11.3. The minimum Gasteiger partial charge on any atom is -0.339 e. The predicted octanol–water partition coefficient (Wildman–Crippen LogP) is 8.16. The summed E-state index contributed by atoms with van der Waals surface area (Å²) >= 11 is 12.3. The van der Waals surface area contributed by atoms with Crippen LogP contribution in [0.1, 0.15) is 47.1 Å². The molecule has 228 valence electrons. The van der Waals surface area contributed by atoms with Crippen molar-refractivity contribution in [1.29, 1.82) is 0 Å². The first kappa shape index (κ1) is 32.1. The zero-order chi connectivity index (χ0) is 32.1. The largest absolute Gasteiger partial charge is 0.339 e. The number of rotatable bonds is 6. The number of nitrogens with zero attached hydrogens (tertiary/aromatic N) is 6. The van der Waals surface area contributed by atoms with Gasteiger partial charge >= 0.3 is 0 Å². The molecule has 2 aromatic carbocycles. The molecule has 0 atom stereocenters. The van der Waals surface area contributed by atoms with E-state index < -0.39 is 0 Å². The third-order valence-electron chi connectivity index (χ3n) is 6.45. The average molecular weight is 648 g/mol. The van der Waals surface area contributed by atoms with Crippen LogP contribution < -0.4 is 0 Å². The molecular weight excluding hydrogens is 619 g/mol. The van der Waals surface area contributed by atoms with Crippen LogP contribution in [0.2, 0.25) is 10.0 Å². The van der Waals surface area contributed by atoms with Gasteiger partial charge in [0.15, 0.2) is 0 Å². The van der Waals surface area contributed by atoms with Crippen LogP contribution in [0.4, 0.5) is 0 Å². The number of hydrogen-bond acceptors (Lipinski definition) is 8. The summed E-state index contributed by atoms with van der Waals surface area (Å²) in [6.45, 7) is 4.10. The van der Waals surface area contributed by atoms with Gasteiger partial charge < -0.3 is 9.05 Å². The summed E-state index contributed by atoms with van der Waals surface area (Å²) in [7, 11) is 0. The third kappa shape index (κ3) is 9.12. The number of benzene rings is 2. The molecule has 0 fully saturated rings. The van der Waals surface area contributed by atoms with Crippen molar-refractivity contribution in [1.82, 2.24) is 30.2 Å². The van der Waals surface area contributed by atoms with Crippen molar-refractivity contribution in [2.45, 2.75) is 39.5 Å². The van der Waals surface area contributed by atoms with Crippen molar-refractivity contribution in [3.05, 3.63) is 130 Å². The zero-order valence-corrected chi connectivity index (χ0v) is 26.7. The van der Waals surface area contributed by atoms with E-state index in [0.717, 1.165) is 22.5 Å². The normalized spacial score (nSPS) is 10.2. The Hall–Kier alpha value is -5.28. The van der Waals surface area contributed by atoms with Crippen molar-refractivity contribution < 1.29 is 9.05 Å². The number of aryl methyl sites for hydroxylation is 4. The summed E-state index contributed by atoms with van der Waals surface area (Å²) in [4.78, 5) is 17.1. The van der Waals surface area contributed by atoms with Crippen molar-refractivity contribution in [3.63, 3.8) is 0 Å². The van der Waals surface area contributed by atoms with Crippen molar-refractivity contribution in [2.75, 3.05) is 0 Å². The maximum absolute atomic E-state index is 6.13. The van der Waals surface area contributed by atoms with Gasteiger partial charge in [-0.25, -0.2) is 9.97 Å². The van der Waals surface area contributed by atoms with Gasteiger partial charge in [0.1, 0.15) is 11.4 Å². The topological polar surface area (TPSA) is 104 Å². The highest BCUT2D eigenvalue weighted by Gasteiger charge is 2.15. The second-order valence-corrected chi connectivity index (χ2v) is 10.8. The van der Waals surface area contributed by atoms with E-state index in [9.17, 15) is 0 Å². The summed E-state index contributed by atoms with van der Waals surface area (Å²) in [5.41, 5.74) is 5.41. The maximum Gasteiger partial charge on any atom is 0.227 e. The highest BCUT2D eigenvalue weighted by Crippen LogP contribution is 2.32. The molecule has 0 unspecified atom stereocenters. The van der Waals surface area contributed by atoms with E-state index in [4.69, 9.17) is 32.2 Å². The molecule has 0 saturated carbocycles. The van der Waals surface area contributed by atoms with Crippen LogP contribution in [0, 0.1) is 37.5 Å². The lowest BCUT2D eigenvalue weighted by Crippen LogP contribution is -1.88. The molecule has 0 bridgehead atoms. The highest BCUT2D eigenvalue weighted by atomic mass is 35.5. The molecule has 10 heteroatoms. The zero-order valence-electron chi connectivity index (χ0n) is 25.2. The van der Waals surface area contributed by atoms with Crippen LogP contribution in [-0.4, -0.2) is 30.2 Å². The van der Waals surface area contributed by atoms with Crippen molar-refractivity contribution >= 4 is 23.2 Å². The van der Waals surface area contributed by atoms with Crippen LogP contribution in [-0.2, 0) is 12.8 Å². The van der Waals surface area contributed by atoms with Crippen LogP contribution in [0.25, 0.3) is 22.8 Å². The molecule has 0 N–H and O–H groups in total. The predicted molar refractivity (Wildman–Crippen MR) is 178 cm³/mol. The lowest BCUT2D eigenvalue weighted by Gasteiger charge is -2.01. The minimum atomic E-state index is 0.383. The molecule has 46 heavy (non-hydrogen) atoms. The van der Waals surface area contributed by atoms with Crippen LogP contribution in [0.15, 0.2) is 94.2 Å². The molecular formula is C36H28Cl2N6O2. The molecule has 4 heterocycles. The average Bonchev–Trinajstić information content (AvgIpc) is 3.74. The van der Waals surface area contributed by atoms with E-state index in [0.29, 0.717) is 64.7 Å². The Morgan fingerprint density at radius 1 is 0.652 bits per heavy atom. The second-order valence-electron chi connectivity index (χ2n) is 9.97. The van der Waals surface area contributed by atoms with Gasteiger partial charge in [0, 0.05) is 43.6 Å². The van der Waals surface area contributed by atoms with Gasteiger partial charge in [0.2, 0.25) is 23.4 Å². The monoisotopic (exact) mass is 646 g/mol. The van der Waals surface area contributed by atoms with Gasteiger partial charge in [-0.05, 0) is 73.7 Å². The first-order chi connectivity index (χ1) is 22.5. The van der Waals surface area contributed by atoms with E-state index in [2.05, 4.69) is 79.1 Å². The molecule has 0 spiro atoms. The Labute approximate surface area is 277 Å². The molecule has 6 aromatic rings. The lowest BCUT2D eigenvalue weighted by molar-refractivity contribution is 0.380. The molecule has 8 nitrogen and oxygen atoms in total. The molecule has 6 rings (SSSR count). The standard InChI is InChI=1S/C19H17N3O.C17H11Cl2N3O/c1-14-10-11-15(2)17(13-14)19-21-18(23-22-19)9-4-3-7-16-8-5-6-12-20-16;18-13-8-5-9-14(19)16(13)17-21-15(23-22-17)10-2-1-6-12-7-3-4-11-20-12/h5-6,8,10-13H,4,9H2,1-2H3;3-5,7-9,11H,2,10H2. The number of halogens is 2. The van der Waals surface area contributed by atoms with E-state index in [-0.39, 0.29) is 0 Å². The number of pyridine rings is 2. The Morgan fingerprint density at radius 3 is 1.78 bits per heavy atom. The molecule has 0 aliphatic carbocycles. The summed E-state index contributed by atoms with van der Waals surface area (Å²) in [6, 6.07) is 22.7. The van der Waals surface area contributed by atoms with Gasteiger partial charge in [-0.3, -0.25) is 0 Å². The van der Waals surface area contributed by atoms with Gasteiger partial charge in [-0.1, -0.05) is 81.3 Å². The van der Waals surface area contributed by atoms with Crippen LogP contribution in [0.3, 0.4) is 0 Å². The minimum absolute atomic E-state index is 0.383. The van der Waals surface area contributed by atoms with Crippen molar-refractivity contribution in [2.24, 2.45) is 0 Å². The number of aromatic nitrogens is 6. The quantitative estimate of drug-likeness (QED) is 0.167. The maximum atomic E-state index is 6.13. The third-order valence-corrected chi connectivity index (χ3v) is 7.08. The first-order valence-electron chi connectivity index (χ1n) is 14.4. The van der Waals surface area contributed by atoms with Gasteiger partial charge in [-0.15, -0.1) is 0 Å². The Balaban J connectivity index is 0.000000181. The fourth-order valence-corrected chi connectivity index (χ4v) is 4.70. The molecule has 4 aromatic heterocycles. The Morgan fingerprint density at radius 2 is 1.22 bits per heavy atom. The molecule has 0 aliphatic heterocycles. The van der Waals surface area contributed by atoms with E-state index in [1.807, 2.05) is 43.3 Å². The summed E-state index contributed by atoms with van der Waals surface area (Å²) in [5.74, 6) is 14.2. The smallest absolute Gasteiger partial charge is 0.227 e. The molecule has 0 amide bonds. The van der Waals surface area contributed by atoms with E-state index >= 15 is 0 Å². The summed E-state index contributed by atoms with van der Waals surface area (Å²) < 4.78 is 10.5. The summed E-state index contributed by atoms with van der Waals surface area (Å²) in [6.07, 6.45) is 5.88. The van der Waals surface area contributed by atoms with Gasteiger partial charge in [0.05, 0.1) is 15.6 Å². The van der Waals surface area contributed by atoms with Crippen LogP contribution in [0.5, 0.6) is 0 Å². The first-order valence-corrected chi connectivity index (χ1v) is 15.2. The van der Waals surface area contributed by atoms with E-state index in [1.165, 1.54) is 5.56 Å².